The number of amides is 1. The molecular weight excluding hydrogens is 202 g/mol. The number of nitrogens with zero attached hydrogens (tertiary/aromatic N) is 1. The SMILES string of the molecule is CC1CCC(C(=O)N2CC3CCCC3C2)O1. The van der Waals surface area contributed by atoms with Crippen LogP contribution in [0.1, 0.15) is 39.0 Å². The van der Waals surface area contributed by atoms with Crippen LogP contribution < -0.4 is 0 Å². The molecule has 2 heterocycles. The highest BCUT2D eigenvalue weighted by Gasteiger charge is 2.41. The van der Waals surface area contributed by atoms with E-state index in [9.17, 15) is 4.79 Å². The predicted octanol–water partition coefficient (Wildman–Crippen LogP) is 1.81. The van der Waals surface area contributed by atoms with Crippen LogP contribution in [0.4, 0.5) is 0 Å². The molecular formula is C13H21NO2. The molecule has 0 radical (unpaired) electrons. The Hall–Kier alpha value is -0.570. The first kappa shape index (κ1) is 10.6. The zero-order valence-electron chi connectivity index (χ0n) is 10.0. The van der Waals surface area contributed by atoms with Crippen molar-refractivity contribution in [3.8, 4) is 0 Å². The summed E-state index contributed by atoms with van der Waals surface area (Å²) < 4.78 is 5.67. The maximum Gasteiger partial charge on any atom is 0.251 e. The van der Waals surface area contributed by atoms with Gasteiger partial charge >= 0.3 is 0 Å². The Morgan fingerprint density at radius 2 is 1.81 bits per heavy atom. The summed E-state index contributed by atoms with van der Waals surface area (Å²) in [5.41, 5.74) is 0. The first-order chi connectivity index (χ1) is 7.74. The molecule has 3 nitrogen and oxygen atoms in total. The van der Waals surface area contributed by atoms with Crippen LogP contribution in [0.2, 0.25) is 0 Å². The van der Waals surface area contributed by atoms with E-state index in [2.05, 4.69) is 11.8 Å². The van der Waals surface area contributed by atoms with Crippen LogP contribution >= 0.6 is 0 Å². The minimum Gasteiger partial charge on any atom is -0.365 e. The van der Waals surface area contributed by atoms with E-state index in [0.29, 0.717) is 0 Å². The van der Waals surface area contributed by atoms with Crippen molar-refractivity contribution >= 4 is 5.91 Å². The summed E-state index contributed by atoms with van der Waals surface area (Å²) in [5, 5.41) is 0. The average Bonchev–Trinajstić information content (AvgIpc) is 2.89. The van der Waals surface area contributed by atoms with Crippen LogP contribution in [0.15, 0.2) is 0 Å². The van der Waals surface area contributed by atoms with Crippen LogP contribution in [0.3, 0.4) is 0 Å². The van der Waals surface area contributed by atoms with Gasteiger partial charge in [-0.15, -0.1) is 0 Å². The van der Waals surface area contributed by atoms with Gasteiger partial charge in [-0.25, -0.2) is 0 Å². The van der Waals surface area contributed by atoms with Gasteiger partial charge in [-0.1, -0.05) is 6.42 Å². The average molecular weight is 223 g/mol. The number of hydrogen-bond acceptors (Lipinski definition) is 2. The van der Waals surface area contributed by atoms with Gasteiger partial charge < -0.3 is 9.64 Å². The van der Waals surface area contributed by atoms with Crippen LogP contribution in [0.5, 0.6) is 0 Å². The van der Waals surface area contributed by atoms with Crippen LogP contribution in [0, 0.1) is 11.8 Å². The Labute approximate surface area is 97.1 Å². The first-order valence-electron chi connectivity index (χ1n) is 6.68. The zero-order chi connectivity index (χ0) is 11.1. The molecule has 16 heavy (non-hydrogen) atoms. The van der Waals surface area contributed by atoms with Crippen molar-refractivity contribution in [2.24, 2.45) is 11.8 Å². The molecule has 1 amide bonds. The Morgan fingerprint density at radius 1 is 1.12 bits per heavy atom. The third kappa shape index (κ3) is 1.75. The highest BCUT2D eigenvalue weighted by Crippen LogP contribution is 2.38. The zero-order valence-corrected chi connectivity index (χ0v) is 10.0. The summed E-state index contributed by atoms with van der Waals surface area (Å²) in [6.45, 7) is 4.06. The molecule has 1 saturated carbocycles. The number of carbonyl (C=O) groups is 1. The molecule has 0 bridgehead atoms. The fourth-order valence-corrected chi connectivity index (χ4v) is 3.60. The van der Waals surface area contributed by atoms with Gasteiger partial charge in [-0.05, 0) is 44.4 Å². The maximum atomic E-state index is 12.2. The molecule has 3 rings (SSSR count). The van der Waals surface area contributed by atoms with Gasteiger partial charge in [0, 0.05) is 13.1 Å². The highest BCUT2D eigenvalue weighted by molar-refractivity contribution is 5.81. The van der Waals surface area contributed by atoms with Crippen LogP contribution in [-0.4, -0.2) is 36.1 Å². The number of likely N-dealkylation sites (tertiary alicyclic amines) is 1. The molecule has 4 unspecified atom stereocenters. The van der Waals surface area contributed by atoms with Crippen LogP contribution in [-0.2, 0) is 9.53 Å². The van der Waals surface area contributed by atoms with Crippen molar-refractivity contribution in [2.75, 3.05) is 13.1 Å². The molecule has 3 aliphatic rings. The van der Waals surface area contributed by atoms with Crippen LogP contribution in [0.25, 0.3) is 0 Å². The van der Waals surface area contributed by atoms with Gasteiger partial charge in [-0.3, -0.25) is 4.79 Å². The lowest BCUT2D eigenvalue weighted by atomic mass is 10.0. The molecule has 90 valence electrons. The van der Waals surface area contributed by atoms with Gasteiger partial charge in [0.2, 0.25) is 0 Å². The Kier molecular flexibility index (Phi) is 2.66. The van der Waals surface area contributed by atoms with E-state index in [1.807, 2.05) is 0 Å². The molecule has 1 aliphatic carbocycles. The molecule has 2 saturated heterocycles. The second kappa shape index (κ2) is 4.02. The molecule has 0 N–H and O–H groups in total. The fourth-order valence-electron chi connectivity index (χ4n) is 3.60. The minimum atomic E-state index is -0.131. The summed E-state index contributed by atoms with van der Waals surface area (Å²) in [5.74, 6) is 1.85. The third-order valence-electron chi connectivity index (χ3n) is 4.55. The summed E-state index contributed by atoms with van der Waals surface area (Å²) in [4.78, 5) is 14.3. The van der Waals surface area contributed by atoms with Crippen molar-refractivity contribution < 1.29 is 9.53 Å². The topological polar surface area (TPSA) is 29.5 Å². The number of hydrogen-bond donors (Lipinski definition) is 0. The van der Waals surface area contributed by atoms with E-state index in [-0.39, 0.29) is 18.1 Å². The van der Waals surface area contributed by atoms with E-state index < -0.39 is 0 Å². The lowest BCUT2D eigenvalue weighted by molar-refractivity contribution is -0.141. The predicted molar refractivity (Wildman–Crippen MR) is 61.0 cm³/mol. The van der Waals surface area contributed by atoms with Gasteiger partial charge in [0.05, 0.1) is 6.10 Å². The number of ether oxygens (including phenoxy) is 1. The second-order valence-electron chi connectivity index (χ2n) is 5.71. The Morgan fingerprint density at radius 3 is 2.38 bits per heavy atom. The number of rotatable bonds is 1. The molecule has 0 aromatic carbocycles. The van der Waals surface area contributed by atoms with E-state index in [1.165, 1.54) is 19.3 Å². The quantitative estimate of drug-likeness (QED) is 0.678. The number of carbonyl (C=O) groups excluding carboxylic acids is 1. The van der Waals surface area contributed by atoms with E-state index in [0.717, 1.165) is 37.8 Å². The maximum absolute atomic E-state index is 12.2. The lowest BCUT2D eigenvalue weighted by Gasteiger charge is -2.21. The van der Waals surface area contributed by atoms with Crippen molar-refractivity contribution in [1.82, 2.24) is 4.90 Å². The summed E-state index contributed by atoms with van der Waals surface area (Å²) >= 11 is 0. The van der Waals surface area contributed by atoms with Gasteiger partial charge in [0.15, 0.2) is 0 Å². The Bertz CT molecular complexity index is 280. The summed E-state index contributed by atoms with van der Waals surface area (Å²) in [6.07, 6.45) is 6.13. The normalized spacial score (nSPS) is 42.7. The monoisotopic (exact) mass is 223 g/mol. The highest BCUT2D eigenvalue weighted by atomic mass is 16.5. The fraction of sp³-hybridized carbons (Fsp3) is 0.923. The molecule has 3 heteroatoms. The summed E-state index contributed by atoms with van der Waals surface area (Å²) in [6, 6.07) is 0. The van der Waals surface area contributed by atoms with Gasteiger partial charge in [-0.2, -0.15) is 0 Å². The number of fused-ring (bicyclic) bond motifs is 1. The second-order valence-corrected chi connectivity index (χ2v) is 5.71. The molecule has 4 atom stereocenters. The Balaban J connectivity index is 1.60. The standard InChI is InChI=1S/C13H21NO2/c1-9-5-6-12(16-9)13(15)14-7-10-3-2-4-11(10)8-14/h9-12H,2-8H2,1H3. The van der Waals surface area contributed by atoms with E-state index in [1.54, 1.807) is 0 Å². The molecule has 0 aromatic heterocycles. The van der Waals surface area contributed by atoms with E-state index >= 15 is 0 Å². The van der Waals surface area contributed by atoms with Crippen molar-refractivity contribution in [1.29, 1.82) is 0 Å². The minimum absolute atomic E-state index is 0.131. The molecule has 3 fully saturated rings. The smallest absolute Gasteiger partial charge is 0.251 e. The van der Waals surface area contributed by atoms with Gasteiger partial charge in [0.1, 0.15) is 6.10 Å². The largest absolute Gasteiger partial charge is 0.365 e. The summed E-state index contributed by atoms with van der Waals surface area (Å²) in [7, 11) is 0. The molecule has 2 aliphatic heterocycles. The van der Waals surface area contributed by atoms with Gasteiger partial charge in [0.25, 0.3) is 5.91 Å². The molecule has 0 aromatic rings. The first-order valence-corrected chi connectivity index (χ1v) is 6.68. The van der Waals surface area contributed by atoms with Crippen molar-refractivity contribution in [2.45, 2.75) is 51.2 Å². The third-order valence-corrected chi connectivity index (χ3v) is 4.55. The molecule has 0 spiro atoms. The van der Waals surface area contributed by atoms with Crippen molar-refractivity contribution in [3.05, 3.63) is 0 Å². The van der Waals surface area contributed by atoms with E-state index in [4.69, 9.17) is 4.74 Å². The van der Waals surface area contributed by atoms with Crippen molar-refractivity contribution in [3.63, 3.8) is 0 Å². The lowest BCUT2D eigenvalue weighted by Crippen LogP contribution is -2.38.